The molecule has 2 heterocycles. The Morgan fingerprint density at radius 3 is 2.83 bits per heavy atom. The number of carbonyl (C=O) groups excluding carboxylic acids is 1. The molecule has 18 heavy (non-hydrogen) atoms. The van der Waals surface area contributed by atoms with Gasteiger partial charge in [-0.15, -0.1) is 11.3 Å². The molecule has 4 heteroatoms. The molecular formula is C14H15NO2S. The van der Waals surface area contributed by atoms with Crippen molar-refractivity contribution in [3.8, 4) is 5.75 Å². The molecule has 2 aromatic heterocycles. The van der Waals surface area contributed by atoms with Crippen LogP contribution in [-0.4, -0.2) is 17.4 Å². The molecule has 0 saturated heterocycles. The van der Waals surface area contributed by atoms with Crippen molar-refractivity contribution in [2.24, 2.45) is 0 Å². The van der Waals surface area contributed by atoms with Crippen molar-refractivity contribution in [2.75, 3.05) is 6.61 Å². The summed E-state index contributed by atoms with van der Waals surface area (Å²) in [6, 6.07) is 5.61. The molecule has 0 unspecified atom stereocenters. The second-order valence-electron chi connectivity index (χ2n) is 3.79. The molecule has 0 aliphatic rings. The molecule has 2 rings (SSSR count). The average Bonchev–Trinajstić information content (AvgIpc) is 2.87. The molecule has 0 amide bonds. The zero-order chi connectivity index (χ0) is 13.0. The molecular weight excluding hydrogens is 246 g/mol. The third kappa shape index (κ3) is 2.76. The number of aromatic nitrogens is 1. The van der Waals surface area contributed by atoms with E-state index >= 15 is 0 Å². The zero-order valence-corrected chi connectivity index (χ0v) is 11.3. The van der Waals surface area contributed by atoms with Crippen LogP contribution in [0.15, 0.2) is 30.6 Å². The molecule has 0 bridgehead atoms. The smallest absolute Gasteiger partial charge is 0.204 e. The van der Waals surface area contributed by atoms with Gasteiger partial charge in [-0.1, -0.05) is 6.92 Å². The highest BCUT2D eigenvalue weighted by Crippen LogP contribution is 2.21. The highest BCUT2D eigenvalue weighted by molar-refractivity contribution is 7.14. The summed E-state index contributed by atoms with van der Waals surface area (Å²) in [5, 5.41) is 0. The van der Waals surface area contributed by atoms with Crippen LogP contribution in [0.3, 0.4) is 0 Å². The number of thiophene rings is 1. The summed E-state index contributed by atoms with van der Waals surface area (Å²) in [6.45, 7) is 4.55. The summed E-state index contributed by atoms with van der Waals surface area (Å²) in [6.07, 6.45) is 4.15. The van der Waals surface area contributed by atoms with E-state index in [0.29, 0.717) is 17.9 Å². The number of aryl methyl sites for hydroxylation is 1. The normalized spacial score (nSPS) is 10.3. The summed E-state index contributed by atoms with van der Waals surface area (Å²) in [5.74, 6) is 0.643. The van der Waals surface area contributed by atoms with Crippen LogP contribution in [0.2, 0.25) is 0 Å². The number of carbonyl (C=O) groups is 1. The fraction of sp³-hybridized carbons (Fsp3) is 0.286. The van der Waals surface area contributed by atoms with E-state index in [4.69, 9.17) is 4.74 Å². The summed E-state index contributed by atoms with van der Waals surface area (Å²) in [7, 11) is 0. The molecule has 2 aromatic rings. The van der Waals surface area contributed by atoms with Crippen LogP contribution in [0.4, 0.5) is 0 Å². The lowest BCUT2D eigenvalue weighted by Gasteiger charge is -2.03. The number of ketones is 1. The summed E-state index contributed by atoms with van der Waals surface area (Å²) < 4.78 is 5.35. The predicted molar refractivity (Wildman–Crippen MR) is 72.5 cm³/mol. The fourth-order valence-corrected chi connectivity index (χ4v) is 2.53. The number of ether oxygens (including phenoxy) is 1. The highest BCUT2D eigenvalue weighted by atomic mass is 32.1. The van der Waals surface area contributed by atoms with Crippen LogP contribution < -0.4 is 4.74 Å². The molecule has 0 aromatic carbocycles. The van der Waals surface area contributed by atoms with E-state index in [2.05, 4.69) is 11.9 Å². The van der Waals surface area contributed by atoms with Gasteiger partial charge < -0.3 is 4.74 Å². The molecule has 3 nitrogen and oxygen atoms in total. The van der Waals surface area contributed by atoms with E-state index < -0.39 is 0 Å². The van der Waals surface area contributed by atoms with Gasteiger partial charge in [0.05, 0.1) is 17.7 Å². The van der Waals surface area contributed by atoms with Crippen LogP contribution in [-0.2, 0) is 6.42 Å². The Morgan fingerprint density at radius 2 is 2.17 bits per heavy atom. The van der Waals surface area contributed by atoms with Gasteiger partial charge in [0, 0.05) is 16.6 Å². The standard InChI is InChI=1S/C14H15NO2S/c1-3-12-5-6-13(18-12)14(16)10-7-11(17-4-2)9-15-8-10/h5-9H,3-4H2,1-2H3. The van der Waals surface area contributed by atoms with Gasteiger partial charge in [-0.3, -0.25) is 9.78 Å². The quantitative estimate of drug-likeness (QED) is 0.775. The largest absolute Gasteiger partial charge is 0.492 e. The van der Waals surface area contributed by atoms with E-state index in [9.17, 15) is 4.79 Å². The summed E-state index contributed by atoms with van der Waals surface area (Å²) in [4.78, 5) is 18.2. The van der Waals surface area contributed by atoms with E-state index in [1.807, 2.05) is 19.1 Å². The minimum atomic E-state index is 0.00810. The Labute approximate surface area is 110 Å². The molecule has 94 valence electrons. The maximum absolute atomic E-state index is 12.2. The Morgan fingerprint density at radius 1 is 1.33 bits per heavy atom. The number of pyridine rings is 1. The van der Waals surface area contributed by atoms with Gasteiger partial charge in [0.1, 0.15) is 5.75 Å². The lowest BCUT2D eigenvalue weighted by atomic mass is 10.1. The van der Waals surface area contributed by atoms with Crippen molar-refractivity contribution in [3.05, 3.63) is 45.9 Å². The molecule has 0 saturated carbocycles. The second kappa shape index (κ2) is 5.78. The number of rotatable bonds is 5. The predicted octanol–water partition coefficient (Wildman–Crippen LogP) is 3.34. The van der Waals surface area contributed by atoms with Gasteiger partial charge >= 0.3 is 0 Å². The maximum Gasteiger partial charge on any atom is 0.204 e. The number of nitrogens with zero attached hydrogens (tertiary/aromatic N) is 1. The van der Waals surface area contributed by atoms with Crippen molar-refractivity contribution < 1.29 is 9.53 Å². The van der Waals surface area contributed by atoms with Crippen LogP contribution in [0.25, 0.3) is 0 Å². The van der Waals surface area contributed by atoms with Crippen LogP contribution in [0, 0.1) is 0 Å². The fourth-order valence-electron chi connectivity index (χ4n) is 1.62. The first-order valence-electron chi connectivity index (χ1n) is 5.95. The summed E-state index contributed by atoms with van der Waals surface area (Å²) >= 11 is 1.54. The lowest BCUT2D eigenvalue weighted by Crippen LogP contribution is -2.01. The van der Waals surface area contributed by atoms with Crippen molar-refractivity contribution in [1.82, 2.24) is 4.98 Å². The first-order chi connectivity index (χ1) is 8.74. The van der Waals surface area contributed by atoms with Gasteiger partial charge in [-0.05, 0) is 31.5 Å². The topological polar surface area (TPSA) is 39.2 Å². The highest BCUT2D eigenvalue weighted by Gasteiger charge is 2.12. The zero-order valence-electron chi connectivity index (χ0n) is 10.5. The molecule has 0 aliphatic carbocycles. The van der Waals surface area contributed by atoms with Crippen molar-refractivity contribution >= 4 is 17.1 Å². The Balaban J connectivity index is 2.25. The van der Waals surface area contributed by atoms with Crippen molar-refractivity contribution in [1.29, 1.82) is 0 Å². The number of hydrogen-bond donors (Lipinski definition) is 0. The molecule has 0 N–H and O–H groups in total. The van der Waals surface area contributed by atoms with Crippen LogP contribution >= 0.6 is 11.3 Å². The summed E-state index contributed by atoms with van der Waals surface area (Å²) in [5.41, 5.74) is 0.574. The van der Waals surface area contributed by atoms with Crippen LogP contribution in [0.1, 0.15) is 34.0 Å². The third-order valence-electron chi connectivity index (χ3n) is 2.52. The van der Waals surface area contributed by atoms with E-state index in [0.717, 1.165) is 11.3 Å². The first kappa shape index (κ1) is 12.8. The minimum absolute atomic E-state index is 0.00810. The maximum atomic E-state index is 12.2. The van der Waals surface area contributed by atoms with Gasteiger partial charge in [0.25, 0.3) is 0 Å². The lowest BCUT2D eigenvalue weighted by molar-refractivity contribution is 0.104. The molecule has 0 aliphatic heterocycles. The van der Waals surface area contributed by atoms with Gasteiger partial charge in [-0.2, -0.15) is 0 Å². The molecule has 0 radical (unpaired) electrons. The first-order valence-corrected chi connectivity index (χ1v) is 6.77. The van der Waals surface area contributed by atoms with Crippen molar-refractivity contribution in [2.45, 2.75) is 20.3 Å². The van der Waals surface area contributed by atoms with Crippen molar-refractivity contribution in [3.63, 3.8) is 0 Å². The minimum Gasteiger partial charge on any atom is -0.492 e. The third-order valence-corrected chi connectivity index (χ3v) is 3.75. The Hall–Kier alpha value is -1.68. The Kier molecular flexibility index (Phi) is 4.10. The number of hydrogen-bond acceptors (Lipinski definition) is 4. The van der Waals surface area contributed by atoms with Gasteiger partial charge in [0.2, 0.25) is 5.78 Å². The van der Waals surface area contributed by atoms with E-state index in [1.165, 1.54) is 16.2 Å². The second-order valence-corrected chi connectivity index (χ2v) is 4.96. The van der Waals surface area contributed by atoms with E-state index in [-0.39, 0.29) is 5.78 Å². The average molecular weight is 261 g/mol. The van der Waals surface area contributed by atoms with Gasteiger partial charge in [0.15, 0.2) is 0 Å². The molecule has 0 spiro atoms. The Bertz CT molecular complexity index is 548. The van der Waals surface area contributed by atoms with Gasteiger partial charge in [-0.25, -0.2) is 0 Å². The molecule has 0 atom stereocenters. The molecule has 0 fully saturated rings. The van der Waals surface area contributed by atoms with E-state index in [1.54, 1.807) is 18.5 Å². The monoisotopic (exact) mass is 261 g/mol. The SMILES string of the molecule is CCOc1cncc(C(=O)c2ccc(CC)s2)c1. The van der Waals surface area contributed by atoms with Crippen LogP contribution in [0.5, 0.6) is 5.75 Å².